The van der Waals surface area contributed by atoms with Crippen LogP contribution < -0.4 is 0 Å². The molecule has 0 saturated heterocycles. The summed E-state index contributed by atoms with van der Waals surface area (Å²) >= 11 is 0. The molecule has 6 nitrogen and oxygen atoms in total. The van der Waals surface area contributed by atoms with Gasteiger partial charge in [-0.25, -0.2) is 4.79 Å². The van der Waals surface area contributed by atoms with Gasteiger partial charge in [-0.15, -0.1) is 0 Å². The minimum absolute atomic E-state index is 0.0266. The number of carbonyl (C=O) groups is 2. The number of cyclic esters (lactones) is 1. The van der Waals surface area contributed by atoms with Gasteiger partial charge in [-0.2, -0.15) is 0 Å². The van der Waals surface area contributed by atoms with Crippen molar-refractivity contribution in [3.63, 3.8) is 0 Å². The zero-order valence-corrected chi connectivity index (χ0v) is 17.4. The lowest BCUT2D eigenvalue weighted by atomic mass is 9.93. The molecule has 0 N–H and O–H groups in total. The van der Waals surface area contributed by atoms with Crippen molar-refractivity contribution in [1.29, 1.82) is 0 Å². The standard InChI is InChI=1S/C23H30O6/c1-23(2)28-19-15-17(14-13-16-9-5-4-6-10-16)27-18(21(19)22(25)29-23)11-7-8-12-20(24)26-3/h4-6,9-10,17-18H,7-8,11-15H2,1-3H3/t17-,18+/m1/s1. The van der Waals surface area contributed by atoms with E-state index >= 15 is 0 Å². The molecule has 0 radical (unpaired) electrons. The fourth-order valence-corrected chi connectivity index (χ4v) is 3.84. The molecule has 2 aliphatic rings. The lowest BCUT2D eigenvalue weighted by molar-refractivity contribution is -0.217. The second kappa shape index (κ2) is 9.44. The molecule has 1 aromatic rings. The molecular formula is C23H30O6. The van der Waals surface area contributed by atoms with Crippen LogP contribution in [0.4, 0.5) is 0 Å². The SMILES string of the molecule is COC(=O)CCCC[C@@H]1O[C@H](CCc2ccccc2)CC2=C1C(=O)OC(C)(C)O2. The zero-order valence-electron chi connectivity index (χ0n) is 17.4. The third-order valence-corrected chi connectivity index (χ3v) is 5.24. The molecule has 0 bridgehead atoms. The average Bonchev–Trinajstić information content (AvgIpc) is 2.68. The van der Waals surface area contributed by atoms with Gasteiger partial charge >= 0.3 is 11.9 Å². The molecule has 2 atom stereocenters. The first kappa shape index (κ1) is 21.4. The van der Waals surface area contributed by atoms with Crippen LogP contribution in [-0.4, -0.2) is 37.0 Å². The zero-order chi connectivity index (χ0) is 20.9. The Morgan fingerprint density at radius 3 is 2.62 bits per heavy atom. The van der Waals surface area contributed by atoms with Gasteiger partial charge in [0.1, 0.15) is 11.3 Å². The molecule has 2 aliphatic heterocycles. The van der Waals surface area contributed by atoms with Gasteiger partial charge in [0.2, 0.25) is 5.79 Å². The minimum Gasteiger partial charge on any atom is -0.469 e. The Bertz CT molecular complexity index is 752. The van der Waals surface area contributed by atoms with Gasteiger partial charge in [0.05, 0.1) is 19.3 Å². The lowest BCUT2D eigenvalue weighted by Gasteiger charge is -2.40. The number of carbonyl (C=O) groups excluding carboxylic acids is 2. The Labute approximate surface area is 172 Å². The van der Waals surface area contributed by atoms with E-state index in [4.69, 9.17) is 14.2 Å². The monoisotopic (exact) mass is 402 g/mol. The van der Waals surface area contributed by atoms with Crippen LogP contribution in [0.25, 0.3) is 0 Å². The number of esters is 2. The molecule has 0 spiro atoms. The van der Waals surface area contributed by atoms with Gasteiger partial charge in [0.25, 0.3) is 0 Å². The van der Waals surface area contributed by atoms with E-state index < -0.39 is 5.79 Å². The van der Waals surface area contributed by atoms with Gasteiger partial charge in [0.15, 0.2) is 0 Å². The Morgan fingerprint density at radius 2 is 1.90 bits per heavy atom. The van der Waals surface area contributed by atoms with Gasteiger partial charge in [-0.3, -0.25) is 4.79 Å². The van der Waals surface area contributed by atoms with Crippen LogP contribution in [0.3, 0.4) is 0 Å². The highest BCUT2D eigenvalue weighted by Gasteiger charge is 2.43. The van der Waals surface area contributed by atoms with Crippen LogP contribution in [-0.2, 0) is 35.0 Å². The number of hydrogen-bond acceptors (Lipinski definition) is 6. The van der Waals surface area contributed by atoms with Gasteiger partial charge in [-0.1, -0.05) is 30.3 Å². The third-order valence-electron chi connectivity index (χ3n) is 5.24. The maximum Gasteiger partial charge on any atom is 0.343 e. The highest BCUT2D eigenvalue weighted by Crippen LogP contribution is 2.38. The number of aryl methyl sites for hydroxylation is 1. The van der Waals surface area contributed by atoms with Crippen molar-refractivity contribution in [2.45, 2.75) is 76.8 Å². The first-order chi connectivity index (χ1) is 13.9. The molecular weight excluding hydrogens is 372 g/mol. The molecule has 0 fully saturated rings. The Morgan fingerprint density at radius 1 is 1.14 bits per heavy atom. The lowest BCUT2D eigenvalue weighted by Crippen LogP contribution is -2.44. The summed E-state index contributed by atoms with van der Waals surface area (Å²) in [4.78, 5) is 23.9. The molecule has 0 aromatic heterocycles. The van der Waals surface area contributed by atoms with E-state index in [2.05, 4.69) is 16.9 Å². The van der Waals surface area contributed by atoms with Crippen LogP contribution in [0.2, 0.25) is 0 Å². The highest BCUT2D eigenvalue weighted by molar-refractivity contribution is 5.91. The summed E-state index contributed by atoms with van der Waals surface area (Å²) in [5.74, 6) is -0.867. The minimum atomic E-state index is -0.966. The maximum absolute atomic E-state index is 12.6. The van der Waals surface area contributed by atoms with Crippen molar-refractivity contribution >= 4 is 11.9 Å². The van der Waals surface area contributed by atoms with Crippen LogP contribution in [0.1, 0.15) is 57.9 Å². The van der Waals surface area contributed by atoms with Gasteiger partial charge < -0.3 is 18.9 Å². The molecule has 2 heterocycles. The van der Waals surface area contributed by atoms with E-state index in [9.17, 15) is 9.59 Å². The van der Waals surface area contributed by atoms with E-state index in [0.29, 0.717) is 37.0 Å². The second-order valence-corrected chi connectivity index (χ2v) is 8.03. The van der Waals surface area contributed by atoms with E-state index in [0.717, 1.165) is 19.3 Å². The summed E-state index contributed by atoms with van der Waals surface area (Å²) in [5, 5.41) is 0. The summed E-state index contributed by atoms with van der Waals surface area (Å²) in [7, 11) is 1.39. The molecule has 0 saturated carbocycles. The summed E-state index contributed by atoms with van der Waals surface area (Å²) in [5.41, 5.74) is 1.76. The fraction of sp³-hybridized carbons (Fsp3) is 0.565. The van der Waals surface area contributed by atoms with Crippen molar-refractivity contribution in [3.05, 3.63) is 47.2 Å². The quantitative estimate of drug-likeness (QED) is 0.482. The highest BCUT2D eigenvalue weighted by atomic mass is 16.7. The number of ether oxygens (including phenoxy) is 4. The van der Waals surface area contributed by atoms with Crippen molar-refractivity contribution in [2.75, 3.05) is 7.11 Å². The topological polar surface area (TPSA) is 71.1 Å². The summed E-state index contributed by atoms with van der Waals surface area (Å²) in [6, 6.07) is 10.3. The van der Waals surface area contributed by atoms with Crippen molar-refractivity contribution in [2.24, 2.45) is 0 Å². The predicted octanol–water partition coefficient (Wildman–Crippen LogP) is 4.07. The van der Waals surface area contributed by atoms with Crippen molar-refractivity contribution in [3.8, 4) is 0 Å². The number of unbranched alkanes of at least 4 members (excludes halogenated alkanes) is 1. The van der Waals surface area contributed by atoms with Crippen LogP contribution in [0.5, 0.6) is 0 Å². The van der Waals surface area contributed by atoms with Gasteiger partial charge in [-0.05, 0) is 37.7 Å². The summed E-state index contributed by atoms with van der Waals surface area (Å²) in [6.45, 7) is 3.49. The normalized spacial score (nSPS) is 23.1. The molecule has 0 unspecified atom stereocenters. The van der Waals surface area contributed by atoms with E-state index in [1.807, 2.05) is 18.2 Å². The van der Waals surface area contributed by atoms with Crippen molar-refractivity contribution < 1.29 is 28.5 Å². The predicted molar refractivity (Wildman–Crippen MR) is 107 cm³/mol. The maximum atomic E-state index is 12.6. The summed E-state index contributed by atoms with van der Waals surface area (Å²) < 4.78 is 22.4. The Hall–Kier alpha value is -2.34. The number of rotatable bonds is 8. The molecule has 6 heteroatoms. The van der Waals surface area contributed by atoms with Crippen LogP contribution in [0.15, 0.2) is 41.7 Å². The van der Waals surface area contributed by atoms with Crippen LogP contribution >= 0.6 is 0 Å². The third kappa shape index (κ3) is 5.82. The van der Waals surface area contributed by atoms with E-state index in [1.54, 1.807) is 13.8 Å². The molecule has 0 aliphatic carbocycles. The first-order valence-corrected chi connectivity index (χ1v) is 10.3. The van der Waals surface area contributed by atoms with Crippen molar-refractivity contribution in [1.82, 2.24) is 0 Å². The second-order valence-electron chi connectivity index (χ2n) is 8.03. The number of methoxy groups -OCH3 is 1. The number of hydrogen-bond donors (Lipinski definition) is 0. The smallest absolute Gasteiger partial charge is 0.343 e. The molecule has 0 amide bonds. The summed E-state index contributed by atoms with van der Waals surface area (Å²) in [6.07, 6.45) is 4.34. The average molecular weight is 402 g/mol. The Kier molecular flexibility index (Phi) is 6.96. The molecule has 3 rings (SSSR count). The van der Waals surface area contributed by atoms with Gasteiger partial charge in [0, 0.05) is 26.7 Å². The largest absolute Gasteiger partial charge is 0.469 e. The molecule has 29 heavy (non-hydrogen) atoms. The molecule has 1 aromatic carbocycles. The fourth-order valence-electron chi connectivity index (χ4n) is 3.84. The first-order valence-electron chi connectivity index (χ1n) is 10.3. The van der Waals surface area contributed by atoms with E-state index in [-0.39, 0.29) is 24.1 Å². The van der Waals surface area contributed by atoms with Crippen LogP contribution in [0, 0.1) is 0 Å². The number of benzene rings is 1. The molecule has 158 valence electrons. The Balaban J connectivity index is 1.67. The van der Waals surface area contributed by atoms with E-state index in [1.165, 1.54) is 12.7 Å².